The molecule has 1 aromatic heterocycles. The van der Waals surface area contributed by atoms with Crippen LogP contribution < -0.4 is 4.74 Å². The molecule has 20 heavy (non-hydrogen) atoms. The van der Waals surface area contributed by atoms with Gasteiger partial charge in [0.1, 0.15) is 5.75 Å². The quantitative estimate of drug-likeness (QED) is 0.928. The number of likely N-dealkylation sites (N-methyl/N-ethyl adjacent to an activating group) is 1. The Balaban J connectivity index is 2.02. The minimum Gasteiger partial charge on any atom is -0.497 e. The smallest absolute Gasteiger partial charge is 0.119 e. The molecule has 0 spiro atoms. The normalized spacial score (nSPS) is 19.9. The highest BCUT2D eigenvalue weighted by molar-refractivity contribution is 5.86. The average Bonchev–Trinajstić information content (AvgIpc) is 2.72. The predicted molar refractivity (Wildman–Crippen MR) is 83.6 cm³/mol. The summed E-state index contributed by atoms with van der Waals surface area (Å²) in [5, 5.41) is 1.34. The molecule has 0 radical (unpaired) electrons. The van der Waals surface area contributed by atoms with Crippen LogP contribution in [0.2, 0.25) is 0 Å². The molecule has 3 rings (SSSR count). The fourth-order valence-electron chi connectivity index (χ4n) is 3.39. The number of aromatic amines is 1. The summed E-state index contributed by atoms with van der Waals surface area (Å²) in [7, 11) is 3.99. The number of nitrogens with one attached hydrogen (secondary N) is 1. The maximum atomic E-state index is 5.37. The third-order valence-electron chi connectivity index (χ3n) is 4.60. The predicted octanol–water partition coefficient (Wildman–Crippen LogP) is 3.38. The van der Waals surface area contributed by atoms with E-state index >= 15 is 0 Å². The largest absolute Gasteiger partial charge is 0.497 e. The zero-order valence-electron chi connectivity index (χ0n) is 12.7. The van der Waals surface area contributed by atoms with Gasteiger partial charge in [-0.25, -0.2) is 0 Å². The molecule has 0 saturated heterocycles. The molecular weight excluding hydrogens is 248 g/mol. The van der Waals surface area contributed by atoms with Crippen molar-refractivity contribution in [3.8, 4) is 5.75 Å². The molecule has 1 aliphatic heterocycles. The van der Waals surface area contributed by atoms with E-state index in [2.05, 4.69) is 36.0 Å². The number of nitrogens with zero attached hydrogens (tertiary/aromatic N) is 1. The van der Waals surface area contributed by atoms with E-state index in [-0.39, 0.29) is 0 Å². The van der Waals surface area contributed by atoms with Crippen molar-refractivity contribution in [2.24, 2.45) is 0 Å². The Morgan fingerprint density at radius 1 is 1.40 bits per heavy atom. The minimum atomic E-state index is 0.663. The number of aromatic nitrogens is 1. The van der Waals surface area contributed by atoms with Crippen molar-refractivity contribution in [1.29, 1.82) is 0 Å². The lowest BCUT2D eigenvalue weighted by Gasteiger charge is -2.25. The Labute approximate surface area is 120 Å². The number of methoxy groups -OCH3 is 1. The van der Waals surface area contributed by atoms with Gasteiger partial charge in [-0.1, -0.05) is 13.3 Å². The highest BCUT2D eigenvalue weighted by Crippen LogP contribution is 2.30. The molecule has 1 aliphatic rings. The van der Waals surface area contributed by atoms with Gasteiger partial charge in [0.05, 0.1) is 7.11 Å². The van der Waals surface area contributed by atoms with Gasteiger partial charge in [0.15, 0.2) is 0 Å². The van der Waals surface area contributed by atoms with Gasteiger partial charge in [-0.15, -0.1) is 0 Å². The third-order valence-corrected chi connectivity index (χ3v) is 4.60. The van der Waals surface area contributed by atoms with E-state index in [9.17, 15) is 0 Å². The number of ether oxygens (including phenoxy) is 1. The molecule has 1 atom stereocenters. The molecule has 3 heteroatoms. The van der Waals surface area contributed by atoms with Crippen molar-refractivity contribution < 1.29 is 4.74 Å². The van der Waals surface area contributed by atoms with E-state index in [1.807, 2.05) is 6.07 Å². The Hall–Kier alpha value is -1.48. The fraction of sp³-hybridized carbons (Fsp3) is 0.529. The maximum absolute atomic E-state index is 5.37. The van der Waals surface area contributed by atoms with Gasteiger partial charge in [0, 0.05) is 35.6 Å². The first-order valence-electron chi connectivity index (χ1n) is 7.60. The van der Waals surface area contributed by atoms with Crippen molar-refractivity contribution >= 4 is 10.9 Å². The first-order chi connectivity index (χ1) is 9.72. The molecule has 1 N–H and O–H groups in total. The zero-order valence-corrected chi connectivity index (χ0v) is 12.7. The molecule has 0 bridgehead atoms. The molecule has 3 nitrogen and oxygen atoms in total. The van der Waals surface area contributed by atoms with E-state index in [1.54, 1.807) is 7.11 Å². The summed E-state index contributed by atoms with van der Waals surface area (Å²) >= 11 is 0. The second-order valence-corrected chi connectivity index (χ2v) is 5.87. The summed E-state index contributed by atoms with van der Waals surface area (Å²) in [4.78, 5) is 6.15. The lowest BCUT2D eigenvalue weighted by molar-refractivity contribution is 0.236. The van der Waals surface area contributed by atoms with Crippen LogP contribution in [0, 0.1) is 0 Å². The number of H-pyrrole nitrogens is 1. The van der Waals surface area contributed by atoms with Crippen molar-refractivity contribution in [3.63, 3.8) is 0 Å². The highest BCUT2D eigenvalue weighted by Gasteiger charge is 2.23. The van der Waals surface area contributed by atoms with Crippen LogP contribution in [-0.2, 0) is 12.8 Å². The molecule has 2 heterocycles. The van der Waals surface area contributed by atoms with Crippen LogP contribution in [0.25, 0.3) is 10.9 Å². The minimum absolute atomic E-state index is 0.663. The van der Waals surface area contributed by atoms with E-state index in [4.69, 9.17) is 4.74 Å². The van der Waals surface area contributed by atoms with Crippen LogP contribution in [0.4, 0.5) is 0 Å². The van der Waals surface area contributed by atoms with Gasteiger partial charge in [0.25, 0.3) is 0 Å². The van der Waals surface area contributed by atoms with Crippen LogP contribution in [0.3, 0.4) is 0 Å². The maximum Gasteiger partial charge on any atom is 0.119 e. The summed E-state index contributed by atoms with van der Waals surface area (Å²) in [5.74, 6) is 0.946. The van der Waals surface area contributed by atoms with Gasteiger partial charge >= 0.3 is 0 Å². The van der Waals surface area contributed by atoms with Crippen molar-refractivity contribution in [3.05, 3.63) is 29.5 Å². The molecule has 0 amide bonds. The van der Waals surface area contributed by atoms with Gasteiger partial charge < -0.3 is 14.6 Å². The number of hydrogen-bond acceptors (Lipinski definition) is 2. The summed E-state index contributed by atoms with van der Waals surface area (Å²) in [6.07, 6.45) is 4.78. The third kappa shape index (κ3) is 2.31. The van der Waals surface area contributed by atoms with Gasteiger partial charge in [-0.2, -0.15) is 0 Å². The van der Waals surface area contributed by atoms with Crippen LogP contribution in [0.15, 0.2) is 18.2 Å². The molecule has 1 unspecified atom stereocenters. The van der Waals surface area contributed by atoms with Crippen LogP contribution in [-0.4, -0.2) is 36.6 Å². The first kappa shape index (κ1) is 13.5. The topological polar surface area (TPSA) is 28.3 Å². The van der Waals surface area contributed by atoms with Crippen molar-refractivity contribution in [2.45, 2.75) is 38.6 Å². The summed E-state index contributed by atoms with van der Waals surface area (Å²) in [6, 6.07) is 7.01. The Morgan fingerprint density at radius 3 is 3.00 bits per heavy atom. The number of rotatable bonds is 3. The highest BCUT2D eigenvalue weighted by atomic mass is 16.5. The Bertz CT molecular complexity index is 602. The van der Waals surface area contributed by atoms with Gasteiger partial charge in [-0.05, 0) is 43.7 Å². The summed E-state index contributed by atoms with van der Waals surface area (Å²) in [6.45, 7) is 3.41. The van der Waals surface area contributed by atoms with Crippen molar-refractivity contribution in [1.82, 2.24) is 9.88 Å². The lowest BCUT2D eigenvalue weighted by atomic mass is 10.0. The number of hydrogen-bond donors (Lipinski definition) is 1. The molecule has 1 aromatic carbocycles. The molecular formula is C17H24N2O. The summed E-state index contributed by atoms with van der Waals surface area (Å²) < 4.78 is 5.37. The Kier molecular flexibility index (Phi) is 3.70. The summed E-state index contributed by atoms with van der Waals surface area (Å²) in [5.41, 5.74) is 4.16. The van der Waals surface area contributed by atoms with Gasteiger partial charge in [-0.3, -0.25) is 0 Å². The van der Waals surface area contributed by atoms with E-state index in [1.165, 1.54) is 35.0 Å². The molecule has 0 fully saturated rings. The Morgan fingerprint density at radius 2 is 2.25 bits per heavy atom. The fourth-order valence-corrected chi connectivity index (χ4v) is 3.39. The second kappa shape index (κ2) is 5.49. The van der Waals surface area contributed by atoms with E-state index in [0.29, 0.717) is 6.04 Å². The molecule has 2 aromatic rings. The number of fused-ring (bicyclic) bond motifs is 3. The monoisotopic (exact) mass is 272 g/mol. The second-order valence-electron chi connectivity index (χ2n) is 5.87. The standard InChI is InChI=1S/C17H24N2O/c1-4-5-12-10-17-14(8-9-19(12)2)15-11-13(20-3)6-7-16(15)18-17/h6-7,11-12,18H,4-5,8-10H2,1-3H3. The average molecular weight is 272 g/mol. The molecule has 0 saturated carbocycles. The molecule has 108 valence electrons. The zero-order chi connectivity index (χ0) is 14.1. The van der Waals surface area contributed by atoms with Gasteiger partial charge in [0.2, 0.25) is 0 Å². The number of benzene rings is 1. The molecule has 0 aliphatic carbocycles. The van der Waals surface area contributed by atoms with Crippen LogP contribution in [0.1, 0.15) is 31.0 Å². The first-order valence-corrected chi connectivity index (χ1v) is 7.60. The lowest BCUT2D eigenvalue weighted by Crippen LogP contribution is -2.33. The van der Waals surface area contributed by atoms with E-state index in [0.717, 1.165) is 25.1 Å². The van der Waals surface area contributed by atoms with E-state index < -0.39 is 0 Å². The van der Waals surface area contributed by atoms with Crippen LogP contribution in [0.5, 0.6) is 5.75 Å². The SMILES string of the molecule is CCCC1Cc2[nH]c3ccc(OC)cc3c2CCN1C. The van der Waals surface area contributed by atoms with Crippen molar-refractivity contribution in [2.75, 3.05) is 20.7 Å². The van der Waals surface area contributed by atoms with Crippen LogP contribution >= 0.6 is 0 Å².